The lowest BCUT2D eigenvalue weighted by Gasteiger charge is -2.08. The molecule has 0 saturated carbocycles. The van der Waals surface area contributed by atoms with E-state index in [0.29, 0.717) is 10.6 Å². The lowest BCUT2D eigenvalue weighted by molar-refractivity contribution is 0.103. The standard InChI is InChI=1S/C15H13Cl2NO2S/c16-10-6-9(7-11(17)14(10)19)18-15(20)13-5-8-3-1-2-4-12(8)21-13/h5-7,19H,1-4H2,(H,18,20). The summed E-state index contributed by atoms with van der Waals surface area (Å²) in [5.41, 5.74) is 1.76. The van der Waals surface area contributed by atoms with Crippen LogP contribution in [0.15, 0.2) is 18.2 Å². The third-order valence-corrected chi connectivity index (χ3v) is 5.31. The summed E-state index contributed by atoms with van der Waals surface area (Å²) in [5, 5.41) is 12.5. The van der Waals surface area contributed by atoms with Gasteiger partial charge in [-0.3, -0.25) is 4.79 Å². The summed E-state index contributed by atoms with van der Waals surface area (Å²) in [6, 6.07) is 4.93. The molecule has 2 N–H and O–H groups in total. The number of halogens is 2. The Bertz CT molecular complexity index is 665. The average molecular weight is 342 g/mol. The summed E-state index contributed by atoms with van der Waals surface area (Å²) in [7, 11) is 0. The Morgan fingerprint density at radius 1 is 1.14 bits per heavy atom. The number of anilines is 1. The Labute approximate surface area is 136 Å². The fourth-order valence-electron chi connectivity index (χ4n) is 2.43. The predicted octanol–water partition coefficient (Wildman–Crippen LogP) is 4.89. The largest absolute Gasteiger partial charge is 0.505 e. The fraction of sp³-hybridized carbons (Fsp3) is 0.267. The first-order valence-corrected chi connectivity index (χ1v) is 8.23. The van der Waals surface area contributed by atoms with Gasteiger partial charge in [-0.15, -0.1) is 11.3 Å². The number of aromatic hydroxyl groups is 1. The summed E-state index contributed by atoms with van der Waals surface area (Å²) in [6.07, 6.45) is 4.49. The number of rotatable bonds is 2. The summed E-state index contributed by atoms with van der Waals surface area (Å²) in [6.45, 7) is 0. The van der Waals surface area contributed by atoms with Crippen LogP contribution in [0.4, 0.5) is 5.69 Å². The van der Waals surface area contributed by atoms with Crippen molar-refractivity contribution in [3.05, 3.63) is 43.6 Å². The Kier molecular flexibility index (Phi) is 4.11. The molecule has 0 unspecified atom stereocenters. The fourth-order valence-corrected chi connectivity index (χ4v) is 4.07. The van der Waals surface area contributed by atoms with Crippen molar-refractivity contribution in [2.24, 2.45) is 0 Å². The van der Waals surface area contributed by atoms with Gasteiger partial charge in [0.25, 0.3) is 5.91 Å². The topological polar surface area (TPSA) is 49.3 Å². The molecule has 110 valence electrons. The third-order valence-electron chi connectivity index (χ3n) is 3.50. The zero-order valence-electron chi connectivity index (χ0n) is 11.1. The zero-order valence-corrected chi connectivity index (χ0v) is 13.4. The third kappa shape index (κ3) is 3.03. The van der Waals surface area contributed by atoms with Crippen molar-refractivity contribution in [2.75, 3.05) is 5.32 Å². The molecule has 3 nitrogen and oxygen atoms in total. The molecule has 1 aromatic carbocycles. The van der Waals surface area contributed by atoms with Gasteiger partial charge in [-0.25, -0.2) is 0 Å². The molecule has 0 bridgehead atoms. The van der Waals surface area contributed by atoms with E-state index < -0.39 is 0 Å². The number of hydrogen-bond donors (Lipinski definition) is 2. The van der Waals surface area contributed by atoms with Crippen molar-refractivity contribution >= 4 is 46.1 Å². The number of phenolic OH excluding ortho intramolecular Hbond substituents is 1. The van der Waals surface area contributed by atoms with Crippen LogP contribution in [-0.4, -0.2) is 11.0 Å². The van der Waals surface area contributed by atoms with Gasteiger partial charge in [0.05, 0.1) is 14.9 Å². The highest BCUT2D eigenvalue weighted by atomic mass is 35.5. The van der Waals surface area contributed by atoms with Crippen molar-refractivity contribution in [2.45, 2.75) is 25.7 Å². The number of benzene rings is 1. The molecule has 1 aromatic heterocycles. The molecule has 0 saturated heterocycles. The highest BCUT2D eigenvalue weighted by Crippen LogP contribution is 2.35. The Hall–Kier alpha value is -1.23. The van der Waals surface area contributed by atoms with Gasteiger partial charge in [-0.05, 0) is 49.4 Å². The maximum Gasteiger partial charge on any atom is 0.265 e. The molecular formula is C15H13Cl2NO2S. The highest BCUT2D eigenvalue weighted by molar-refractivity contribution is 7.14. The molecule has 21 heavy (non-hydrogen) atoms. The molecular weight excluding hydrogens is 329 g/mol. The average Bonchev–Trinajstić information content (AvgIpc) is 2.88. The normalized spacial score (nSPS) is 13.8. The Morgan fingerprint density at radius 3 is 2.48 bits per heavy atom. The maximum atomic E-state index is 12.3. The van der Waals surface area contributed by atoms with Gasteiger partial charge in [0.15, 0.2) is 5.75 Å². The number of nitrogens with one attached hydrogen (secondary N) is 1. The first-order chi connectivity index (χ1) is 10.0. The van der Waals surface area contributed by atoms with E-state index in [1.54, 1.807) is 11.3 Å². The SMILES string of the molecule is O=C(Nc1cc(Cl)c(O)c(Cl)c1)c1cc2c(s1)CCCC2. The minimum Gasteiger partial charge on any atom is -0.505 e. The number of aryl methyl sites for hydroxylation is 2. The Balaban J connectivity index is 1.81. The summed E-state index contributed by atoms with van der Waals surface area (Å²) >= 11 is 13.2. The number of thiophene rings is 1. The van der Waals surface area contributed by atoms with Crippen LogP contribution in [0.1, 0.15) is 33.0 Å². The van der Waals surface area contributed by atoms with Gasteiger partial charge in [-0.2, -0.15) is 0 Å². The lowest BCUT2D eigenvalue weighted by atomic mass is 9.99. The second-order valence-corrected chi connectivity index (χ2v) is 6.96. The van der Waals surface area contributed by atoms with Gasteiger partial charge in [0.2, 0.25) is 0 Å². The molecule has 0 aliphatic heterocycles. The van der Waals surface area contributed by atoms with E-state index in [4.69, 9.17) is 23.2 Å². The van der Waals surface area contributed by atoms with Gasteiger partial charge >= 0.3 is 0 Å². The zero-order chi connectivity index (χ0) is 15.0. The summed E-state index contributed by atoms with van der Waals surface area (Å²) < 4.78 is 0. The molecule has 1 amide bonds. The molecule has 0 atom stereocenters. The van der Waals surface area contributed by atoms with Crippen LogP contribution in [0.5, 0.6) is 5.75 Å². The highest BCUT2D eigenvalue weighted by Gasteiger charge is 2.18. The van der Waals surface area contributed by atoms with E-state index in [2.05, 4.69) is 5.32 Å². The van der Waals surface area contributed by atoms with Crippen molar-refractivity contribution in [3.63, 3.8) is 0 Å². The van der Waals surface area contributed by atoms with Gasteiger partial charge in [-0.1, -0.05) is 23.2 Å². The molecule has 1 aliphatic carbocycles. The summed E-state index contributed by atoms with van der Waals surface area (Å²) in [5.74, 6) is -0.352. The van der Waals surface area contributed by atoms with Crippen LogP contribution >= 0.6 is 34.5 Å². The second-order valence-electron chi connectivity index (χ2n) is 5.01. The smallest absolute Gasteiger partial charge is 0.265 e. The van der Waals surface area contributed by atoms with Crippen LogP contribution in [0, 0.1) is 0 Å². The first-order valence-electron chi connectivity index (χ1n) is 6.65. The molecule has 6 heteroatoms. The number of fused-ring (bicyclic) bond motifs is 1. The second kappa shape index (κ2) is 5.87. The number of carbonyl (C=O) groups excluding carboxylic acids is 1. The van der Waals surface area contributed by atoms with Crippen LogP contribution in [0.3, 0.4) is 0 Å². The predicted molar refractivity (Wildman–Crippen MR) is 87.0 cm³/mol. The minimum atomic E-state index is -0.178. The summed E-state index contributed by atoms with van der Waals surface area (Å²) in [4.78, 5) is 14.3. The number of hydrogen-bond acceptors (Lipinski definition) is 3. The monoisotopic (exact) mass is 341 g/mol. The van der Waals surface area contributed by atoms with Gasteiger partial charge in [0.1, 0.15) is 0 Å². The van der Waals surface area contributed by atoms with Gasteiger partial charge in [0, 0.05) is 10.6 Å². The van der Waals surface area contributed by atoms with Gasteiger partial charge < -0.3 is 10.4 Å². The van der Waals surface area contributed by atoms with E-state index in [-0.39, 0.29) is 21.7 Å². The number of amides is 1. The quantitative estimate of drug-likeness (QED) is 0.764. The van der Waals surface area contributed by atoms with E-state index >= 15 is 0 Å². The van der Waals surface area contributed by atoms with Crippen molar-refractivity contribution in [1.82, 2.24) is 0 Å². The molecule has 3 rings (SSSR count). The van der Waals surface area contributed by atoms with Crippen LogP contribution in [0.25, 0.3) is 0 Å². The van der Waals surface area contributed by atoms with Crippen LogP contribution in [-0.2, 0) is 12.8 Å². The van der Waals surface area contributed by atoms with Crippen molar-refractivity contribution in [1.29, 1.82) is 0 Å². The van der Waals surface area contributed by atoms with Crippen molar-refractivity contribution in [3.8, 4) is 5.75 Å². The molecule has 2 aromatic rings. The molecule has 0 fully saturated rings. The van der Waals surface area contributed by atoms with E-state index in [9.17, 15) is 9.90 Å². The number of phenols is 1. The minimum absolute atomic E-state index is 0.114. The van der Waals surface area contributed by atoms with E-state index in [1.807, 2.05) is 6.07 Å². The molecule has 1 aliphatic rings. The van der Waals surface area contributed by atoms with Crippen molar-refractivity contribution < 1.29 is 9.90 Å². The lowest BCUT2D eigenvalue weighted by Crippen LogP contribution is -2.10. The molecule has 0 spiro atoms. The van der Waals surface area contributed by atoms with E-state index in [1.165, 1.54) is 35.4 Å². The van der Waals surface area contributed by atoms with E-state index in [0.717, 1.165) is 12.8 Å². The Morgan fingerprint density at radius 2 is 1.81 bits per heavy atom. The maximum absolute atomic E-state index is 12.3. The molecule has 0 radical (unpaired) electrons. The van der Waals surface area contributed by atoms with Crippen LogP contribution < -0.4 is 5.32 Å². The molecule has 1 heterocycles. The number of carbonyl (C=O) groups is 1. The first kappa shape index (κ1) is 14.7. The van der Waals surface area contributed by atoms with Crippen LogP contribution in [0.2, 0.25) is 10.0 Å².